The molecule has 0 bridgehead atoms. The summed E-state index contributed by atoms with van der Waals surface area (Å²) in [4.78, 5) is 11.4. The third kappa shape index (κ3) is 3.48. The van der Waals surface area contributed by atoms with Gasteiger partial charge < -0.3 is 10.1 Å². The van der Waals surface area contributed by atoms with Crippen molar-refractivity contribution in [3.05, 3.63) is 28.8 Å². The maximum atomic E-state index is 11.4. The summed E-state index contributed by atoms with van der Waals surface area (Å²) in [6.45, 7) is 0.224. The highest BCUT2D eigenvalue weighted by atomic mass is 35.5. The zero-order chi connectivity index (χ0) is 12.0. The van der Waals surface area contributed by atoms with Crippen molar-refractivity contribution >= 4 is 17.5 Å². The molecule has 0 unspecified atom stereocenters. The summed E-state index contributed by atoms with van der Waals surface area (Å²) < 4.78 is 5.13. The lowest BCUT2D eigenvalue weighted by Gasteiger charge is -2.08. The van der Waals surface area contributed by atoms with Crippen molar-refractivity contribution in [2.24, 2.45) is 0 Å². The van der Waals surface area contributed by atoms with Crippen LogP contribution in [0, 0.1) is 12.3 Å². The monoisotopic (exact) mass is 237 g/mol. The van der Waals surface area contributed by atoms with E-state index in [2.05, 4.69) is 11.2 Å². The molecule has 0 aromatic heterocycles. The summed E-state index contributed by atoms with van der Waals surface area (Å²) in [5, 5.41) is 3.15. The topological polar surface area (TPSA) is 38.3 Å². The molecule has 0 fully saturated rings. The van der Waals surface area contributed by atoms with Gasteiger partial charge in [-0.05, 0) is 18.2 Å². The molecular formula is C12H12ClNO2. The molecule has 1 N–H and O–H groups in total. The Labute approximate surface area is 99.7 Å². The van der Waals surface area contributed by atoms with Crippen molar-refractivity contribution in [1.29, 1.82) is 0 Å². The van der Waals surface area contributed by atoms with Crippen molar-refractivity contribution in [2.75, 3.05) is 13.7 Å². The van der Waals surface area contributed by atoms with Gasteiger partial charge in [0.1, 0.15) is 5.75 Å². The first-order chi connectivity index (χ1) is 7.67. The smallest absolute Gasteiger partial charge is 0.225 e. The molecular weight excluding hydrogens is 226 g/mol. The predicted octanol–water partition coefficient (Wildman–Crippen LogP) is 1.64. The summed E-state index contributed by atoms with van der Waals surface area (Å²) in [5.74, 6) is 2.82. The average molecular weight is 238 g/mol. The third-order valence-corrected chi connectivity index (χ3v) is 2.22. The Morgan fingerprint density at radius 1 is 1.62 bits per heavy atom. The number of halogens is 1. The number of methoxy groups -OCH3 is 1. The van der Waals surface area contributed by atoms with Gasteiger partial charge in [-0.1, -0.05) is 17.5 Å². The minimum Gasteiger partial charge on any atom is -0.496 e. The van der Waals surface area contributed by atoms with Crippen LogP contribution < -0.4 is 10.1 Å². The highest BCUT2D eigenvalue weighted by Crippen LogP contribution is 2.22. The average Bonchev–Trinajstić information content (AvgIpc) is 2.27. The van der Waals surface area contributed by atoms with Crippen LogP contribution in [0.4, 0.5) is 0 Å². The van der Waals surface area contributed by atoms with Crippen LogP contribution >= 0.6 is 11.6 Å². The SMILES string of the molecule is C#CCNC(=O)Cc1cc(Cl)ccc1OC. The largest absolute Gasteiger partial charge is 0.496 e. The van der Waals surface area contributed by atoms with Gasteiger partial charge in [-0.25, -0.2) is 0 Å². The van der Waals surface area contributed by atoms with Gasteiger partial charge in [-0.2, -0.15) is 0 Å². The van der Waals surface area contributed by atoms with Crippen molar-refractivity contribution < 1.29 is 9.53 Å². The second kappa shape index (κ2) is 6.04. The number of benzene rings is 1. The van der Waals surface area contributed by atoms with Crippen molar-refractivity contribution in [1.82, 2.24) is 5.32 Å². The maximum Gasteiger partial charge on any atom is 0.225 e. The summed E-state index contributed by atoms with van der Waals surface area (Å²) in [6.07, 6.45) is 5.24. The number of ether oxygens (including phenoxy) is 1. The fraction of sp³-hybridized carbons (Fsp3) is 0.250. The molecule has 0 saturated carbocycles. The first-order valence-corrected chi connectivity index (χ1v) is 5.07. The molecule has 16 heavy (non-hydrogen) atoms. The van der Waals surface area contributed by atoms with Crippen LogP contribution in [0.15, 0.2) is 18.2 Å². The Hall–Kier alpha value is -1.66. The molecule has 0 atom stereocenters. The second-order valence-electron chi connectivity index (χ2n) is 3.11. The fourth-order valence-corrected chi connectivity index (χ4v) is 1.47. The normalized spacial score (nSPS) is 9.31. The van der Waals surface area contributed by atoms with E-state index in [1.165, 1.54) is 0 Å². The van der Waals surface area contributed by atoms with Crippen LogP contribution in [-0.2, 0) is 11.2 Å². The van der Waals surface area contributed by atoms with Gasteiger partial charge in [0, 0.05) is 10.6 Å². The van der Waals surface area contributed by atoms with Gasteiger partial charge in [0.2, 0.25) is 5.91 Å². The van der Waals surface area contributed by atoms with Crippen LogP contribution in [0.2, 0.25) is 5.02 Å². The molecule has 0 aliphatic rings. The Balaban J connectivity index is 2.76. The molecule has 0 aliphatic heterocycles. The lowest BCUT2D eigenvalue weighted by Crippen LogP contribution is -2.25. The number of hydrogen-bond donors (Lipinski definition) is 1. The minimum atomic E-state index is -0.154. The second-order valence-corrected chi connectivity index (χ2v) is 3.55. The number of nitrogens with one attached hydrogen (secondary N) is 1. The molecule has 1 aromatic rings. The van der Waals surface area contributed by atoms with Gasteiger partial charge in [0.15, 0.2) is 0 Å². The molecule has 3 nitrogen and oxygen atoms in total. The van der Waals surface area contributed by atoms with E-state index in [9.17, 15) is 4.79 Å². The van der Waals surface area contributed by atoms with Crippen LogP contribution in [0.25, 0.3) is 0 Å². The van der Waals surface area contributed by atoms with Gasteiger partial charge in [0.05, 0.1) is 20.1 Å². The molecule has 84 valence electrons. The number of rotatable bonds is 4. The first-order valence-electron chi connectivity index (χ1n) is 4.70. The van der Waals surface area contributed by atoms with E-state index in [-0.39, 0.29) is 18.9 Å². The van der Waals surface area contributed by atoms with Gasteiger partial charge in [0.25, 0.3) is 0 Å². The highest BCUT2D eigenvalue weighted by molar-refractivity contribution is 6.30. The van der Waals surface area contributed by atoms with Crippen LogP contribution in [0.1, 0.15) is 5.56 Å². The van der Waals surface area contributed by atoms with E-state index in [0.29, 0.717) is 10.8 Å². The van der Waals surface area contributed by atoms with Crippen molar-refractivity contribution in [3.8, 4) is 18.1 Å². The standard InChI is InChI=1S/C12H12ClNO2/c1-3-6-14-12(15)8-9-7-10(13)4-5-11(9)16-2/h1,4-5,7H,6,8H2,2H3,(H,14,15). The Bertz CT molecular complexity index is 424. The lowest BCUT2D eigenvalue weighted by atomic mass is 10.1. The van der Waals surface area contributed by atoms with E-state index >= 15 is 0 Å². The zero-order valence-electron chi connectivity index (χ0n) is 8.92. The molecule has 1 aromatic carbocycles. The van der Waals surface area contributed by atoms with Crippen LogP contribution in [0.5, 0.6) is 5.75 Å². The molecule has 0 spiro atoms. The summed E-state index contributed by atoms with van der Waals surface area (Å²) in [5.41, 5.74) is 0.740. The van der Waals surface area contributed by atoms with E-state index in [1.807, 2.05) is 0 Å². The number of terminal acetylenes is 1. The summed E-state index contributed by atoms with van der Waals surface area (Å²) in [6, 6.07) is 5.14. The Kier molecular flexibility index (Phi) is 4.68. The number of amides is 1. The van der Waals surface area contributed by atoms with E-state index in [0.717, 1.165) is 5.56 Å². The van der Waals surface area contributed by atoms with E-state index < -0.39 is 0 Å². The molecule has 0 radical (unpaired) electrons. The van der Waals surface area contributed by atoms with Crippen LogP contribution in [0.3, 0.4) is 0 Å². The number of hydrogen-bond acceptors (Lipinski definition) is 2. The molecule has 0 heterocycles. The Morgan fingerprint density at radius 2 is 2.38 bits per heavy atom. The van der Waals surface area contributed by atoms with Gasteiger partial charge in [-0.15, -0.1) is 6.42 Å². The zero-order valence-corrected chi connectivity index (χ0v) is 9.67. The van der Waals surface area contributed by atoms with Gasteiger partial charge in [-0.3, -0.25) is 4.79 Å². The molecule has 1 rings (SSSR count). The quantitative estimate of drug-likeness (QED) is 0.809. The molecule has 1 amide bonds. The van der Waals surface area contributed by atoms with Crippen molar-refractivity contribution in [3.63, 3.8) is 0 Å². The van der Waals surface area contributed by atoms with Crippen LogP contribution in [-0.4, -0.2) is 19.6 Å². The summed E-state index contributed by atoms with van der Waals surface area (Å²) >= 11 is 5.84. The first kappa shape index (κ1) is 12.4. The third-order valence-electron chi connectivity index (χ3n) is 1.98. The van der Waals surface area contributed by atoms with E-state index in [4.69, 9.17) is 22.8 Å². The number of carbonyl (C=O) groups excluding carboxylic acids is 1. The molecule has 0 saturated heterocycles. The Morgan fingerprint density at radius 3 is 3.00 bits per heavy atom. The summed E-state index contributed by atoms with van der Waals surface area (Å²) in [7, 11) is 1.55. The van der Waals surface area contributed by atoms with E-state index in [1.54, 1.807) is 25.3 Å². The van der Waals surface area contributed by atoms with Crippen molar-refractivity contribution in [2.45, 2.75) is 6.42 Å². The lowest BCUT2D eigenvalue weighted by molar-refractivity contribution is -0.120. The minimum absolute atomic E-state index is 0.154. The predicted molar refractivity (Wildman–Crippen MR) is 63.6 cm³/mol. The highest BCUT2D eigenvalue weighted by Gasteiger charge is 2.08. The number of carbonyl (C=O) groups is 1. The van der Waals surface area contributed by atoms with Gasteiger partial charge >= 0.3 is 0 Å². The maximum absolute atomic E-state index is 11.4. The molecule has 4 heteroatoms. The molecule has 0 aliphatic carbocycles. The fourth-order valence-electron chi connectivity index (χ4n) is 1.27.